The maximum atomic E-state index is 11.0. The van der Waals surface area contributed by atoms with Crippen LogP contribution in [0.4, 0.5) is 0 Å². The molecule has 2 aliphatic heterocycles. The molecule has 0 aromatic carbocycles. The van der Waals surface area contributed by atoms with Crippen molar-refractivity contribution in [3.8, 4) is 0 Å². The molecule has 3 heteroatoms. The Labute approximate surface area is 91.5 Å². The molecule has 2 rings (SSSR count). The van der Waals surface area contributed by atoms with Gasteiger partial charge in [-0.25, -0.2) is 0 Å². The van der Waals surface area contributed by atoms with Gasteiger partial charge in [-0.3, -0.25) is 9.69 Å². The normalized spacial score (nSPS) is 35.3. The highest BCUT2D eigenvalue weighted by atomic mass is 16.4. The standard InChI is InChI=1S/C12H21NO2/c1-8(2)5-6-13-9-3-4-11(13)10(7-9)12(14)15/h8-11H,3-7H2,1-2H3,(H,14,15). The Bertz CT molecular complexity index is 252. The molecule has 0 spiro atoms. The monoisotopic (exact) mass is 211 g/mol. The molecular formula is C12H21NO2. The van der Waals surface area contributed by atoms with E-state index in [1.807, 2.05) is 0 Å². The van der Waals surface area contributed by atoms with Crippen LogP contribution in [0.1, 0.15) is 39.5 Å². The highest BCUT2D eigenvalue weighted by Crippen LogP contribution is 2.41. The fourth-order valence-electron chi connectivity index (χ4n) is 3.12. The van der Waals surface area contributed by atoms with Gasteiger partial charge in [-0.05, 0) is 38.1 Å². The van der Waals surface area contributed by atoms with E-state index in [2.05, 4.69) is 18.7 Å². The molecule has 0 saturated carbocycles. The minimum absolute atomic E-state index is 0.0871. The van der Waals surface area contributed by atoms with E-state index in [-0.39, 0.29) is 5.92 Å². The Morgan fingerprint density at radius 3 is 2.73 bits per heavy atom. The van der Waals surface area contributed by atoms with Gasteiger partial charge in [-0.2, -0.15) is 0 Å². The number of nitrogens with zero attached hydrogens (tertiary/aromatic N) is 1. The van der Waals surface area contributed by atoms with E-state index in [0.717, 1.165) is 19.4 Å². The van der Waals surface area contributed by atoms with E-state index in [1.165, 1.54) is 12.8 Å². The molecule has 0 radical (unpaired) electrons. The molecule has 0 aromatic heterocycles. The van der Waals surface area contributed by atoms with Crippen LogP contribution in [0.15, 0.2) is 0 Å². The van der Waals surface area contributed by atoms with E-state index < -0.39 is 5.97 Å². The summed E-state index contributed by atoms with van der Waals surface area (Å²) >= 11 is 0. The SMILES string of the molecule is CC(C)CCN1C2CCC1C(C(=O)O)C2. The third-order valence-electron chi connectivity index (χ3n) is 3.96. The zero-order valence-electron chi connectivity index (χ0n) is 9.65. The summed E-state index contributed by atoms with van der Waals surface area (Å²) in [4.78, 5) is 13.5. The summed E-state index contributed by atoms with van der Waals surface area (Å²) in [7, 11) is 0. The molecule has 2 aliphatic rings. The van der Waals surface area contributed by atoms with Crippen LogP contribution in [0.25, 0.3) is 0 Å². The third-order valence-corrected chi connectivity index (χ3v) is 3.96. The van der Waals surface area contributed by atoms with Crippen molar-refractivity contribution in [2.24, 2.45) is 11.8 Å². The van der Waals surface area contributed by atoms with Crippen LogP contribution in [0.3, 0.4) is 0 Å². The van der Waals surface area contributed by atoms with Crippen molar-refractivity contribution < 1.29 is 9.90 Å². The lowest BCUT2D eigenvalue weighted by molar-refractivity contribution is -0.142. The second kappa shape index (κ2) is 4.12. The van der Waals surface area contributed by atoms with Crippen molar-refractivity contribution in [1.29, 1.82) is 0 Å². The summed E-state index contributed by atoms with van der Waals surface area (Å²) in [5.41, 5.74) is 0. The highest BCUT2D eigenvalue weighted by Gasteiger charge is 2.48. The molecule has 2 heterocycles. The van der Waals surface area contributed by atoms with E-state index in [0.29, 0.717) is 18.0 Å². The summed E-state index contributed by atoms with van der Waals surface area (Å²) in [6.45, 7) is 5.55. The van der Waals surface area contributed by atoms with Crippen molar-refractivity contribution >= 4 is 5.97 Å². The van der Waals surface area contributed by atoms with Crippen molar-refractivity contribution in [3.63, 3.8) is 0 Å². The molecule has 1 N–H and O–H groups in total. The Kier molecular flexibility index (Phi) is 3.01. The largest absolute Gasteiger partial charge is 0.481 e. The average Bonchev–Trinajstić information content (AvgIpc) is 2.70. The molecule has 3 atom stereocenters. The molecule has 3 unspecified atom stereocenters. The predicted octanol–water partition coefficient (Wildman–Crippen LogP) is 1.97. The maximum Gasteiger partial charge on any atom is 0.308 e. The van der Waals surface area contributed by atoms with Gasteiger partial charge in [0.05, 0.1) is 5.92 Å². The van der Waals surface area contributed by atoms with Crippen molar-refractivity contribution in [1.82, 2.24) is 4.90 Å². The van der Waals surface area contributed by atoms with Crippen molar-refractivity contribution in [2.45, 2.75) is 51.6 Å². The van der Waals surface area contributed by atoms with Crippen LogP contribution >= 0.6 is 0 Å². The van der Waals surface area contributed by atoms with Gasteiger partial charge in [0.1, 0.15) is 0 Å². The molecule has 0 aliphatic carbocycles. The minimum atomic E-state index is -0.586. The van der Waals surface area contributed by atoms with Crippen LogP contribution in [-0.4, -0.2) is 34.6 Å². The number of carbonyl (C=O) groups is 1. The second-order valence-electron chi connectivity index (χ2n) is 5.40. The van der Waals surface area contributed by atoms with Crippen LogP contribution in [0.2, 0.25) is 0 Å². The zero-order chi connectivity index (χ0) is 11.0. The second-order valence-corrected chi connectivity index (χ2v) is 5.40. The molecule has 0 amide bonds. The lowest BCUT2D eigenvalue weighted by Crippen LogP contribution is -2.34. The predicted molar refractivity (Wildman–Crippen MR) is 58.7 cm³/mol. The number of rotatable bonds is 4. The Morgan fingerprint density at radius 1 is 1.47 bits per heavy atom. The summed E-state index contributed by atoms with van der Waals surface area (Å²) in [6.07, 6.45) is 4.39. The number of hydrogen-bond donors (Lipinski definition) is 1. The topological polar surface area (TPSA) is 40.5 Å². The van der Waals surface area contributed by atoms with Gasteiger partial charge < -0.3 is 5.11 Å². The Balaban J connectivity index is 1.94. The van der Waals surface area contributed by atoms with Crippen LogP contribution in [0.5, 0.6) is 0 Å². The molecular weight excluding hydrogens is 190 g/mol. The van der Waals surface area contributed by atoms with Gasteiger partial charge in [0.15, 0.2) is 0 Å². The van der Waals surface area contributed by atoms with Crippen LogP contribution < -0.4 is 0 Å². The van der Waals surface area contributed by atoms with Gasteiger partial charge in [0, 0.05) is 12.1 Å². The molecule has 3 nitrogen and oxygen atoms in total. The van der Waals surface area contributed by atoms with E-state index in [4.69, 9.17) is 5.11 Å². The molecule has 2 bridgehead atoms. The summed E-state index contributed by atoms with van der Waals surface area (Å²) in [6, 6.07) is 0.904. The summed E-state index contributed by atoms with van der Waals surface area (Å²) in [5, 5.41) is 9.10. The molecule has 0 aromatic rings. The first kappa shape index (κ1) is 10.9. The molecule has 86 valence electrons. The fourth-order valence-corrected chi connectivity index (χ4v) is 3.12. The molecule has 2 saturated heterocycles. The first-order chi connectivity index (χ1) is 7.09. The number of carboxylic acids is 1. The average molecular weight is 211 g/mol. The number of fused-ring (bicyclic) bond motifs is 2. The highest BCUT2D eigenvalue weighted by molar-refractivity contribution is 5.71. The number of aliphatic carboxylic acids is 1. The van der Waals surface area contributed by atoms with Crippen LogP contribution in [0, 0.1) is 11.8 Å². The molecule has 15 heavy (non-hydrogen) atoms. The van der Waals surface area contributed by atoms with Crippen LogP contribution in [-0.2, 0) is 4.79 Å². The van der Waals surface area contributed by atoms with E-state index >= 15 is 0 Å². The van der Waals surface area contributed by atoms with E-state index in [9.17, 15) is 4.79 Å². The summed E-state index contributed by atoms with van der Waals surface area (Å²) in [5.74, 6) is 0.0425. The van der Waals surface area contributed by atoms with Crippen molar-refractivity contribution in [2.75, 3.05) is 6.54 Å². The quantitative estimate of drug-likeness (QED) is 0.773. The van der Waals surface area contributed by atoms with Gasteiger partial charge >= 0.3 is 5.97 Å². The fraction of sp³-hybridized carbons (Fsp3) is 0.917. The lowest BCUT2D eigenvalue weighted by Gasteiger charge is -2.23. The van der Waals surface area contributed by atoms with E-state index in [1.54, 1.807) is 0 Å². The van der Waals surface area contributed by atoms with Gasteiger partial charge in [0.2, 0.25) is 0 Å². The third kappa shape index (κ3) is 2.03. The first-order valence-electron chi connectivity index (χ1n) is 6.08. The van der Waals surface area contributed by atoms with Gasteiger partial charge in [-0.15, -0.1) is 0 Å². The zero-order valence-corrected chi connectivity index (χ0v) is 9.65. The lowest BCUT2D eigenvalue weighted by atomic mass is 9.89. The Hall–Kier alpha value is -0.570. The van der Waals surface area contributed by atoms with Crippen molar-refractivity contribution in [3.05, 3.63) is 0 Å². The maximum absolute atomic E-state index is 11.0. The minimum Gasteiger partial charge on any atom is -0.481 e. The number of hydrogen-bond acceptors (Lipinski definition) is 2. The first-order valence-corrected chi connectivity index (χ1v) is 6.08. The number of carboxylic acid groups (broad SMARTS) is 1. The molecule has 2 fully saturated rings. The van der Waals surface area contributed by atoms with Gasteiger partial charge in [0.25, 0.3) is 0 Å². The van der Waals surface area contributed by atoms with Gasteiger partial charge in [-0.1, -0.05) is 13.8 Å². The summed E-state index contributed by atoms with van der Waals surface area (Å²) < 4.78 is 0. The smallest absolute Gasteiger partial charge is 0.308 e. The Morgan fingerprint density at radius 2 is 2.20 bits per heavy atom.